The Morgan fingerprint density at radius 3 is 1.74 bits per heavy atom. The summed E-state index contributed by atoms with van der Waals surface area (Å²) >= 11 is 0. The monoisotopic (exact) mass is 273 g/mol. The summed E-state index contributed by atoms with van der Waals surface area (Å²) < 4.78 is 12.2. The van der Waals surface area contributed by atoms with Gasteiger partial charge in [-0.25, -0.2) is 0 Å². The maximum atomic E-state index is 12.2. The van der Waals surface area contributed by atoms with Crippen LogP contribution in [0, 0.1) is 0 Å². The molecular formula is C15H13O3S-. The lowest BCUT2D eigenvalue weighted by Crippen LogP contribution is -2.30. The number of hydrogen-bond acceptors (Lipinski definition) is 3. The van der Waals surface area contributed by atoms with Crippen LogP contribution in [0.4, 0.5) is 0 Å². The van der Waals surface area contributed by atoms with E-state index in [1.165, 1.54) is 0 Å². The number of hydrogen-bond donors (Lipinski definition) is 0. The Balaban J connectivity index is 2.40. The van der Waals surface area contributed by atoms with Crippen LogP contribution in [0.3, 0.4) is 0 Å². The average Bonchev–Trinajstić information content (AvgIpc) is 2.40. The maximum absolute atomic E-state index is 12.2. The summed E-state index contributed by atoms with van der Waals surface area (Å²) in [5.41, 5.74) is 1.68. The normalized spacial score (nSPS) is 12.3. The predicted molar refractivity (Wildman–Crippen MR) is 72.7 cm³/mol. The highest BCUT2D eigenvalue weighted by Gasteiger charge is 2.20. The molecule has 2 aromatic rings. The molecule has 2 rings (SSSR count). The largest absolute Gasteiger partial charge is 0.549 e. The second kappa shape index (κ2) is 6.29. The van der Waals surface area contributed by atoms with Crippen molar-refractivity contribution in [3.05, 3.63) is 71.8 Å². The predicted octanol–water partition coefficient (Wildman–Crippen LogP) is 1.27. The highest BCUT2D eigenvalue weighted by molar-refractivity contribution is 7.86. The van der Waals surface area contributed by atoms with Crippen molar-refractivity contribution in [3.8, 4) is 0 Å². The van der Waals surface area contributed by atoms with Crippen molar-refractivity contribution in [2.75, 3.05) is 5.75 Å². The van der Waals surface area contributed by atoms with Crippen molar-refractivity contribution >= 4 is 16.8 Å². The number of rotatable bonds is 5. The number of benzene rings is 2. The molecular weight excluding hydrogens is 260 g/mol. The molecule has 1 unspecified atom stereocenters. The molecule has 0 fully saturated rings. The molecule has 4 heteroatoms. The molecule has 0 bridgehead atoms. The first-order valence-electron chi connectivity index (χ1n) is 5.85. The van der Waals surface area contributed by atoms with Crippen molar-refractivity contribution in [2.45, 2.75) is 5.25 Å². The Hall–Kier alpha value is -1.94. The molecule has 2 aromatic carbocycles. The van der Waals surface area contributed by atoms with Crippen molar-refractivity contribution < 1.29 is 14.1 Å². The summed E-state index contributed by atoms with van der Waals surface area (Å²) in [6.07, 6.45) is 0. The van der Waals surface area contributed by atoms with E-state index in [9.17, 15) is 14.1 Å². The summed E-state index contributed by atoms with van der Waals surface area (Å²) in [7, 11) is -1.55. The minimum absolute atomic E-state index is 0.444. The first-order valence-corrected chi connectivity index (χ1v) is 7.23. The summed E-state index contributed by atoms with van der Waals surface area (Å²) in [5, 5.41) is 10.2. The Bertz CT molecular complexity index is 527. The number of carboxylic acid groups (broad SMARTS) is 1. The van der Waals surface area contributed by atoms with Crippen LogP contribution < -0.4 is 5.11 Å². The van der Waals surface area contributed by atoms with E-state index in [-0.39, 0.29) is 0 Å². The standard InChI is InChI=1S/C15H14O3S/c16-14(17)11-19(18)15(12-7-3-1-4-8-12)13-9-5-2-6-10-13/h1-10,15H,11H2,(H,16,17)/p-1. The van der Waals surface area contributed by atoms with E-state index in [0.29, 0.717) is 0 Å². The molecule has 3 nitrogen and oxygen atoms in total. The van der Waals surface area contributed by atoms with Gasteiger partial charge in [-0.1, -0.05) is 60.7 Å². The Morgan fingerprint density at radius 1 is 0.947 bits per heavy atom. The molecule has 0 aromatic heterocycles. The van der Waals surface area contributed by atoms with Crippen LogP contribution in [-0.4, -0.2) is 15.9 Å². The van der Waals surface area contributed by atoms with Gasteiger partial charge in [-0.05, 0) is 11.1 Å². The topological polar surface area (TPSA) is 57.2 Å². The molecule has 0 heterocycles. The van der Waals surface area contributed by atoms with Crippen LogP contribution in [0.15, 0.2) is 60.7 Å². The molecule has 0 saturated carbocycles. The first-order chi connectivity index (χ1) is 9.18. The third-order valence-electron chi connectivity index (χ3n) is 2.73. The van der Waals surface area contributed by atoms with Gasteiger partial charge in [0.25, 0.3) is 0 Å². The van der Waals surface area contributed by atoms with E-state index in [0.717, 1.165) is 11.1 Å². The number of carbonyl (C=O) groups is 1. The van der Waals surface area contributed by atoms with E-state index >= 15 is 0 Å². The molecule has 0 aliphatic carbocycles. The second-order valence-corrected chi connectivity index (χ2v) is 5.62. The molecule has 0 amide bonds. The van der Waals surface area contributed by atoms with Crippen molar-refractivity contribution in [2.24, 2.45) is 0 Å². The molecule has 0 spiro atoms. The van der Waals surface area contributed by atoms with Crippen molar-refractivity contribution in [1.82, 2.24) is 0 Å². The molecule has 0 N–H and O–H groups in total. The fourth-order valence-corrected chi connectivity index (χ4v) is 3.27. The molecule has 98 valence electrons. The van der Waals surface area contributed by atoms with Crippen molar-refractivity contribution in [3.63, 3.8) is 0 Å². The number of carbonyl (C=O) groups excluding carboxylic acids is 1. The Morgan fingerprint density at radius 2 is 1.37 bits per heavy atom. The highest BCUT2D eigenvalue weighted by atomic mass is 32.2. The lowest BCUT2D eigenvalue weighted by molar-refractivity contribution is -0.301. The quantitative estimate of drug-likeness (QED) is 0.824. The molecule has 19 heavy (non-hydrogen) atoms. The number of aliphatic carboxylic acids is 1. The van der Waals surface area contributed by atoms with Gasteiger partial charge in [0.2, 0.25) is 0 Å². The van der Waals surface area contributed by atoms with Gasteiger partial charge < -0.3 is 9.90 Å². The zero-order valence-corrected chi connectivity index (χ0v) is 11.0. The molecule has 0 aliphatic rings. The van der Waals surface area contributed by atoms with Crippen LogP contribution in [0.25, 0.3) is 0 Å². The minimum atomic E-state index is -1.55. The molecule has 0 radical (unpaired) electrons. The Kier molecular flexibility index (Phi) is 4.47. The van der Waals surface area contributed by atoms with Crippen LogP contribution in [0.5, 0.6) is 0 Å². The van der Waals surface area contributed by atoms with E-state index in [4.69, 9.17) is 0 Å². The lowest BCUT2D eigenvalue weighted by atomic mass is 10.0. The summed E-state index contributed by atoms with van der Waals surface area (Å²) in [6.45, 7) is 0. The van der Waals surface area contributed by atoms with Gasteiger partial charge >= 0.3 is 0 Å². The lowest BCUT2D eigenvalue weighted by Gasteiger charge is -2.18. The third kappa shape index (κ3) is 3.51. The third-order valence-corrected chi connectivity index (χ3v) is 4.32. The first kappa shape index (κ1) is 13.5. The van der Waals surface area contributed by atoms with Gasteiger partial charge in [0, 0.05) is 10.8 Å². The van der Waals surface area contributed by atoms with E-state index in [1.807, 2.05) is 60.7 Å². The molecule has 1 atom stereocenters. The van der Waals surface area contributed by atoms with Crippen LogP contribution in [0.2, 0.25) is 0 Å². The summed E-state index contributed by atoms with van der Waals surface area (Å²) in [4.78, 5) is 10.7. The van der Waals surface area contributed by atoms with Gasteiger partial charge in [0.15, 0.2) is 0 Å². The van der Waals surface area contributed by atoms with Gasteiger partial charge in [0.1, 0.15) is 0 Å². The van der Waals surface area contributed by atoms with Crippen molar-refractivity contribution in [1.29, 1.82) is 0 Å². The molecule has 0 aliphatic heterocycles. The highest BCUT2D eigenvalue weighted by Crippen LogP contribution is 2.27. The van der Waals surface area contributed by atoms with E-state index in [1.54, 1.807) is 0 Å². The molecule has 0 saturated heterocycles. The fourth-order valence-electron chi connectivity index (χ4n) is 1.95. The van der Waals surface area contributed by atoms with Crippen LogP contribution in [0.1, 0.15) is 16.4 Å². The smallest absolute Gasteiger partial charge is 0.0850 e. The van der Waals surface area contributed by atoms with E-state index in [2.05, 4.69) is 0 Å². The summed E-state index contributed by atoms with van der Waals surface area (Å²) in [5.74, 6) is -1.76. The van der Waals surface area contributed by atoms with Gasteiger partial charge in [0.05, 0.1) is 17.0 Å². The fraction of sp³-hybridized carbons (Fsp3) is 0.133. The maximum Gasteiger partial charge on any atom is 0.0850 e. The summed E-state index contributed by atoms with van der Waals surface area (Å²) in [6, 6.07) is 18.5. The average molecular weight is 273 g/mol. The van der Waals surface area contributed by atoms with Gasteiger partial charge in [-0.3, -0.25) is 4.21 Å². The second-order valence-electron chi connectivity index (χ2n) is 4.10. The SMILES string of the molecule is O=C([O-])CS(=O)C(c1ccccc1)c1ccccc1. The van der Waals surface area contributed by atoms with Gasteiger partial charge in [-0.2, -0.15) is 0 Å². The van der Waals surface area contributed by atoms with Crippen LogP contribution in [-0.2, 0) is 15.6 Å². The van der Waals surface area contributed by atoms with E-state index < -0.39 is 27.8 Å². The van der Waals surface area contributed by atoms with Gasteiger partial charge in [-0.15, -0.1) is 0 Å². The zero-order valence-electron chi connectivity index (χ0n) is 10.2. The minimum Gasteiger partial charge on any atom is -0.549 e. The Labute approximate surface area is 114 Å². The number of carboxylic acids is 1. The zero-order chi connectivity index (χ0) is 13.7. The van der Waals surface area contributed by atoms with Crippen LogP contribution >= 0.6 is 0 Å².